The molecule has 3 N–H and O–H groups in total. The Labute approximate surface area is 132 Å². The van der Waals surface area contributed by atoms with Gasteiger partial charge < -0.3 is 20.5 Å². The Balaban J connectivity index is 1.73. The summed E-state index contributed by atoms with van der Waals surface area (Å²) in [5.74, 6) is 1.09. The maximum absolute atomic E-state index is 11.9. The SMILES string of the molecule is NC(=NCCCOCC(F)(F)F)NC1CCOc2ccccc21. The lowest BCUT2D eigenvalue weighted by molar-refractivity contribution is -0.173. The van der Waals surface area contributed by atoms with Crippen LogP contribution < -0.4 is 15.8 Å². The quantitative estimate of drug-likeness (QED) is 0.477. The molecule has 0 spiro atoms. The van der Waals surface area contributed by atoms with Crippen molar-refractivity contribution >= 4 is 5.96 Å². The molecule has 2 rings (SSSR count). The molecule has 5 nitrogen and oxygen atoms in total. The van der Waals surface area contributed by atoms with Crippen LogP contribution in [-0.4, -0.2) is 38.5 Å². The van der Waals surface area contributed by atoms with Crippen LogP contribution in [0.4, 0.5) is 13.2 Å². The molecule has 0 amide bonds. The standard InChI is InChI=1S/C15H20F3N3O2/c16-15(17,18)10-22-8-3-7-20-14(19)21-12-6-9-23-13-5-2-1-4-11(12)13/h1-2,4-5,12H,3,6-10H2,(H3,19,20,21). The highest BCUT2D eigenvalue weighted by atomic mass is 19.4. The normalized spacial score (nSPS) is 18.2. The molecule has 23 heavy (non-hydrogen) atoms. The van der Waals surface area contributed by atoms with Gasteiger partial charge in [-0.15, -0.1) is 0 Å². The Morgan fingerprint density at radius 2 is 2.17 bits per heavy atom. The van der Waals surface area contributed by atoms with Crippen molar-refractivity contribution in [2.45, 2.75) is 25.1 Å². The molecule has 0 saturated heterocycles. The maximum Gasteiger partial charge on any atom is 0.411 e. The van der Waals surface area contributed by atoms with Crippen molar-refractivity contribution in [1.29, 1.82) is 0 Å². The average molecular weight is 331 g/mol. The van der Waals surface area contributed by atoms with E-state index in [-0.39, 0.29) is 18.6 Å². The lowest BCUT2D eigenvalue weighted by atomic mass is 10.0. The summed E-state index contributed by atoms with van der Waals surface area (Å²) in [5.41, 5.74) is 6.84. The maximum atomic E-state index is 11.9. The Morgan fingerprint density at radius 1 is 1.39 bits per heavy atom. The summed E-state index contributed by atoms with van der Waals surface area (Å²) in [6.07, 6.45) is -3.15. The second kappa shape index (κ2) is 8.05. The number of guanidine groups is 1. The molecule has 0 radical (unpaired) electrons. The van der Waals surface area contributed by atoms with Gasteiger partial charge >= 0.3 is 6.18 Å². The number of nitrogens with two attached hydrogens (primary N) is 1. The van der Waals surface area contributed by atoms with Gasteiger partial charge in [0, 0.05) is 25.1 Å². The van der Waals surface area contributed by atoms with Crippen molar-refractivity contribution in [2.75, 3.05) is 26.4 Å². The zero-order valence-electron chi connectivity index (χ0n) is 12.6. The Morgan fingerprint density at radius 3 is 2.96 bits per heavy atom. The first-order valence-electron chi connectivity index (χ1n) is 7.38. The third-order valence-electron chi connectivity index (χ3n) is 3.28. The number of halogens is 3. The summed E-state index contributed by atoms with van der Waals surface area (Å²) >= 11 is 0. The molecule has 1 heterocycles. The van der Waals surface area contributed by atoms with Gasteiger partial charge in [-0.1, -0.05) is 18.2 Å². The van der Waals surface area contributed by atoms with E-state index in [1.54, 1.807) is 0 Å². The minimum absolute atomic E-state index is 0.00358. The smallest absolute Gasteiger partial charge is 0.411 e. The van der Waals surface area contributed by atoms with E-state index in [9.17, 15) is 13.2 Å². The lowest BCUT2D eigenvalue weighted by Crippen LogP contribution is -2.37. The van der Waals surface area contributed by atoms with E-state index in [0.717, 1.165) is 17.7 Å². The third kappa shape index (κ3) is 5.97. The zero-order valence-corrected chi connectivity index (χ0v) is 12.6. The van der Waals surface area contributed by atoms with Crippen molar-refractivity contribution in [1.82, 2.24) is 5.32 Å². The number of para-hydroxylation sites is 1. The van der Waals surface area contributed by atoms with Gasteiger partial charge in [0.2, 0.25) is 0 Å². The van der Waals surface area contributed by atoms with Crippen molar-refractivity contribution in [3.63, 3.8) is 0 Å². The van der Waals surface area contributed by atoms with Gasteiger partial charge in [-0.2, -0.15) is 13.2 Å². The van der Waals surface area contributed by atoms with Gasteiger partial charge in [0.25, 0.3) is 0 Å². The summed E-state index contributed by atoms with van der Waals surface area (Å²) in [6.45, 7) is -0.339. The van der Waals surface area contributed by atoms with Crippen molar-refractivity contribution in [2.24, 2.45) is 10.7 Å². The van der Waals surface area contributed by atoms with Crippen LogP contribution in [-0.2, 0) is 4.74 Å². The monoisotopic (exact) mass is 331 g/mol. The van der Waals surface area contributed by atoms with E-state index in [0.29, 0.717) is 19.6 Å². The predicted octanol–water partition coefficient (Wildman–Crippen LogP) is 2.38. The Kier molecular flexibility index (Phi) is 6.09. The number of hydrogen-bond acceptors (Lipinski definition) is 3. The highest BCUT2D eigenvalue weighted by Crippen LogP contribution is 2.31. The van der Waals surface area contributed by atoms with Crippen LogP contribution in [0.1, 0.15) is 24.4 Å². The van der Waals surface area contributed by atoms with E-state index in [4.69, 9.17) is 10.5 Å². The van der Waals surface area contributed by atoms with Gasteiger partial charge in [0.05, 0.1) is 12.6 Å². The summed E-state index contributed by atoms with van der Waals surface area (Å²) in [6, 6.07) is 7.71. The molecule has 128 valence electrons. The van der Waals surface area contributed by atoms with Gasteiger partial charge in [0.1, 0.15) is 12.4 Å². The van der Waals surface area contributed by atoms with Gasteiger partial charge in [-0.25, -0.2) is 0 Å². The second-order valence-electron chi connectivity index (χ2n) is 5.16. The van der Waals surface area contributed by atoms with Crippen LogP contribution in [0.5, 0.6) is 5.75 Å². The number of aliphatic imine (C=N–C) groups is 1. The second-order valence-corrected chi connectivity index (χ2v) is 5.16. The molecule has 1 aliphatic heterocycles. The Bertz CT molecular complexity index is 535. The van der Waals surface area contributed by atoms with E-state index < -0.39 is 12.8 Å². The molecular weight excluding hydrogens is 311 g/mol. The van der Waals surface area contributed by atoms with Crippen LogP contribution in [0, 0.1) is 0 Å². The number of nitrogens with one attached hydrogen (secondary N) is 1. The van der Waals surface area contributed by atoms with Gasteiger partial charge in [-0.3, -0.25) is 4.99 Å². The number of hydrogen-bond donors (Lipinski definition) is 2. The van der Waals surface area contributed by atoms with Crippen LogP contribution in [0.2, 0.25) is 0 Å². The first kappa shape index (κ1) is 17.4. The van der Waals surface area contributed by atoms with E-state index in [1.807, 2.05) is 24.3 Å². The third-order valence-corrected chi connectivity index (χ3v) is 3.28. The fourth-order valence-corrected chi connectivity index (χ4v) is 2.27. The Hall–Kier alpha value is -1.96. The topological polar surface area (TPSA) is 68.9 Å². The fraction of sp³-hybridized carbons (Fsp3) is 0.533. The number of alkyl halides is 3. The molecule has 1 aromatic carbocycles. The van der Waals surface area contributed by atoms with Crippen molar-refractivity contribution < 1.29 is 22.6 Å². The molecule has 0 aliphatic carbocycles. The predicted molar refractivity (Wildman–Crippen MR) is 80.4 cm³/mol. The molecule has 1 aromatic rings. The number of ether oxygens (including phenoxy) is 2. The molecule has 1 atom stereocenters. The number of fused-ring (bicyclic) bond motifs is 1. The van der Waals surface area contributed by atoms with Gasteiger partial charge in [0.15, 0.2) is 5.96 Å². The molecule has 0 fully saturated rings. The summed E-state index contributed by atoms with van der Waals surface area (Å²) < 4.78 is 45.7. The molecule has 1 unspecified atom stereocenters. The van der Waals surface area contributed by atoms with E-state index in [1.165, 1.54) is 0 Å². The van der Waals surface area contributed by atoms with Gasteiger partial charge in [-0.05, 0) is 12.5 Å². The molecular formula is C15H20F3N3O2. The van der Waals surface area contributed by atoms with Crippen LogP contribution in [0.15, 0.2) is 29.3 Å². The lowest BCUT2D eigenvalue weighted by Gasteiger charge is -2.26. The first-order chi connectivity index (χ1) is 11.0. The van der Waals surface area contributed by atoms with Crippen LogP contribution in [0.3, 0.4) is 0 Å². The molecule has 0 bridgehead atoms. The summed E-state index contributed by atoms with van der Waals surface area (Å²) in [4.78, 5) is 4.11. The van der Waals surface area contributed by atoms with Crippen LogP contribution in [0.25, 0.3) is 0 Å². The largest absolute Gasteiger partial charge is 0.493 e. The fourth-order valence-electron chi connectivity index (χ4n) is 2.27. The van der Waals surface area contributed by atoms with Crippen molar-refractivity contribution in [3.05, 3.63) is 29.8 Å². The first-order valence-corrected chi connectivity index (χ1v) is 7.38. The van der Waals surface area contributed by atoms with E-state index in [2.05, 4.69) is 15.0 Å². The molecule has 8 heteroatoms. The molecule has 0 aromatic heterocycles. The minimum atomic E-state index is -4.29. The number of nitrogens with zero attached hydrogens (tertiary/aromatic N) is 1. The highest BCUT2D eigenvalue weighted by Gasteiger charge is 2.27. The average Bonchev–Trinajstić information content (AvgIpc) is 2.50. The van der Waals surface area contributed by atoms with E-state index >= 15 is 0 Å². The number of benzene rings is 1. The zero-order chi connectivity index (χ0) is 16.7. The number of rotatable bonds is 6. The summed E-state index contributed by atoms with van der Waals surface area (Å²) in [5, 5.41) is 3.12. The molecule has 1 aliphatic rings. The van der Waals surface area contributed by atoms with Crippen molar-refractivity contribution in [3.8, 4) is 5.75 Å². The molecule has 0 saturated carbocycles. The summed E-state index contributed by atoms with van der Waals surface area (Å²) in [7, 11) is 0. The van der Waals surface area contributed by atoms with Crippen LogP contribution >= 0.6 is 0 Å². The highest BCUT2D eigenvalue weighted by molar-refractivity contribution is 5.78. The minimum Gasteiger partial charge on any atom is -0.493 e.